The molecule has 2 heterocycles. The van der Waals surface area contributed by atoms with E-state index in [1.807, 2.05) is 13.4 Å². The van der Waals surface area contributed by atoms with Gasteiger partial charge in [0.05, 0.1) is 0 Å². The van der Waals surface area contributed by atoms with Crippen LogP contribution in [-0.2, 0) is 59.0 Å². The number of nitrogen functional groups attached to an aromatic ring is 1. The van der Waals surface area contributed by atoms with Gasteiger partial charge in [-0.3, -0.25) is 0 Å². The monoisotopic (exact) mass is 778 g/mol. The molecular weight excluding hydrogens is 757 g/mol. The first-order valence-corrected chi connectivity index (χ1v) is 14.0. The topological polar surface area (TPSA) is 70.3 Å². The molecule has 1 aromatic carbocycles. The van der Waals surface area contributed by atoms with Gasteiger partial charge in [-0.05, 0) is 0 Å². The number of anilines is 3. The molecule has 1 unspecified atom stereocenters. The third-order valence-electron chi connectivity index (χ3n) is 4.89. The van der Waals surface area contributed by atoms with Crippen molar-refractivity contribution in [3.63, 3.8) is 0 Å². The number of nitrogens with zero attached hydrogens (tertiary/aromatic N) is 4. The van der Waals surface area contributed by atoms with Crippen molar-refractivity contribution in [1.29, 1.82) is 0 Å². The minimum atomic E-state index is -4.48. The van der Waals surface area contributed by atoms with E-state index < -0.39 is 11.7 Å². The van der Waals surface area contributed by atoms with Crippen molar-refractivity contribution in [2.24, 2.45) is 0 Å². The Morgan fingerprint density at radius 1 is 1.31 bits per heavy atom. The number of hydrogen-bond acceptors (Lipinski definition) is 6. The molecule has 144 valence electrons. The zero-order chi connectivity index (χ0) is 21.3. The molecule has 1 atom stereocenters. The molecule has 12 heteroatoms. The van der Waals surface area contributed by atoms with Crippen molar-refractivity contribution in [3.8, 4) is 11.3 Å². The quantitative estimate of drug-likeness (QED) is 0.369. The van der Waals surface area contributed by atoms with E-state index in [4.69, 9.17) is 13.7 Å². The molecule has 2 aromatic rings. The molecular formula is C17H18BF3Hg2N6. The molecule has 1 saturated heterocycles. The van der Waals surface area contributed by atoms with Crippen LogP contribution in [0.1, 0.15) is 24.0 Å². The number of nitrogens with two attached hydrogens (primary N) is 1. The van der Waals surface area contributed by atoms with Gasteiger partial charge in [0.1, 0.15) is 0 Å². The molecule has 0 aliphatic carbocycles. The van der Waals surface area contributed by atoms with Gasteiger partial charge in [-0.15, -0.1) is 0 Å². The standard InChI is InChI=1S/C17H18BF3N6.2Hg/c1-9-7-13(11-4-5-12(17(19,20)21)15(23)14(11)22)25-26-16(9)24-10-3-2-6-27(18)8-10;;/h4-5,7,10H,2-3,6,8,23H2,1H3,(H,24,26);;. The van der Waals surface area contributed by atoms with Crippen molar-refractivity contribution >= 4 is 25.2 Å². The van der Waals surface area contributed by atoms with E-state index in [-0.39, 0.29) is 64.6 Å². The summed E-state index contributed by atoms with van der Waals surface area (Å²) in [6.45, 7) is 3.50. The van der Waals surface area contributed by atoms with E-state index in [0.29, 0.717) is 22.8 Å². The Kier molecular flexibility index (Phi) is 7.36. The molecule has 3 N–H and O–H groups in total. The van der Waals surface area contributed by atoms with Gasteiger partial charge in [-0.2, -0.15) is 0 Å². The third-order valence-corrected chi connectivity index (χ3v) is 7.35. The summed E-state index contributed by atoms with van der Waals surface area (Å²) < 4.78 is 41.8. The van der Waals surface area contributed by atoms with E-state index in [1.165, 1.54) is 6.07 Å². The van der Waals surface area contributed by atoms with Crippen LogP contribution in [0.25, 0.3) is 11.3 Å². The van der Waals surface area contributed by atoms with Crippen LogP contribution in [0.5, 0.6) is 0 Å². The van der Waals surface area contributed by atoms with E-state index >= 15 is 0 Å². The van der Waals surface area contributed by atoms with Crippen LogP contribution in [0.15, 0.2) is 18.2 Å². The first-order chi connectivity index (χ1) is 13.6. The summed E-state index contributed by atoms with van der Waals surface area (Å²) in [5.74, 6) is 0.664. The average Bonchev–Trinajstić information content (AvgIpc) is 2.61. The van der Waals surface area contributed by atoms with Crippen LogP contribution < -0.4 is 11.5 Å². The Morgan fingerprint density at radius 2 is 2.03 bits per heavy atom. The molecule has 2 radical (unpaired) electrons. The molecule has 0 amide bonds. The predicted molar refractivity (Wildman–Crippen MR) is 98.1 cm³/mol. The number of rotatable bonds is 4. The molecule has 0 spiro atoms. The Hall–Kier alpha value is -0.615. The second kappa shape index (κ2) is 9.26. The normalized spacial score (nSPS) is 18.0. The molecule has 3 rings (SSSR count). The molecule has 1 aromatic heterocycles. The maximum atomic E-state index is 13.3. The Balaban J connectivity index is 1.95. The first kappa shape index (κ1) is 23.1. The van der Waals surface area contributed by atoms with Crippen LogP contribution in [0.4, 0.5) is 30.4 Å². The van der Waals surface area contributed by atoms with Crippen molar-refractivity contribution in [2.45, 2.75) is 32.0 Å². The summed E-state index contributed by atoms with van der Waals surface area (Å²) in [5, 5.41) is 12.0. The summed E-state index contributed by atoms with van der Waals surface area (Å²) in [6.07, 6.45) is -2.48. The molecule has 1 fully saturated rings. The fraction of sp³-hybridized carbons (Fsp3) is 0.412. The molecule has 1 aliphatic rings. The van der Waals surface area contributed by atoms with Gasteiger partial charge in [0, 0.05) is 0 Å². The first-order valence-electron chi connectivity index (χ1n) is 9.09. The van der Waals surface area contributed by atoms with Crippen LogP contribution in [0.3, 0.4) is 0 Å². The van der Waals surface area contributed by atoms with Crippen LogP contribution in [-0.4, -0.2) is 42.1 Å². The molecule has 1 aliphatic heterocycles. The summed E-state index contributed by atoms with van der Waals surface area (Å²) in [5.41, 5.74) is 7.33. The zero-order valence-electron chi connectivity index (χ0n) is 16.1. The summed E-state index contributed by atoms with van der Waals surface area (Å²) in [7, 11) is 5.89. The summed E-state index contributed by atoms with van der Waals surface area (Å²) >= 11 is 0.251. The Morgan fingerprint density at radius 3 is 2.62 bits per heavy atom. The van der Waals surface area contributed by atoms with Crippen molar-refractivity contribution in [1.82, 2.24) is 15.0 Å². The molecule has 29 heavy (non-hydrogen) atoms. The number of halogens is 3. The third kappa shape index (κ3) is 5.36. The number of alkyl halides is 3. The van der Waals surface area contributed by atoms with Crippen LogP contribution >= 0.6 is 0 Å². The summed E-state index contributed by atoms with van der Waals surface area (Å²) in [6, 6.07) is 4.51. The predicted octanol–water partition coefficient (Wildman–Crippen LogP) is 2.74. The number of nitrogens with one attached hydrogen (secondary N) is 1. The van der Waals surface area contributed by atoms with Crippen molar-refractivity contribution in [3.05, 3.63) is 29.3 Å². The van der Waals surface area contributed by atoms with Gasteiger partial charge in [0.2, 0.25) is 0 Å². The average molecular weight is 775 g/mol. The Bertz CT molecular complexity index is 896. The molecule has 0 bridgehead atoms. The number of aryl methyl sites for hydroxylation is 1. The SMILES string of the molecule is [B]N1CCCC(Nc2nnc(-c3ccc(C(F)(F)F)c(N)c3[N]([Hg])[Hg])cc2C)C1. The van der Waals surface area contributed by atoms with Gasteiger partial charge in [-0.25, -0.2) is 0 Å². The number of aromatic nitrogens is 2. The van der Waals surface area contributed by atoms with Gasteiger partial charge in [0.15, 0.2) is 0 Å². The van der Waals surface area contributed by atoms with E-state index in [1.54, 1.807) is 4.81 Å². The Labute approximate surface area is 202 Å². The van der Waals surface area contributed by atoms with Gasteiger partial charge < -0.3 is 0 Å². The summed E-state index contributed by atoms with van der Waals surface area (Å²) in [4.78, 5) is 1.78. The number of benzene rings is 1. The maximum absolute atomic E-state index is 13.3. The fourth-order valence-electron chi connectivity index (χ4n) is 3.48. The van der Waals surface area contributed by atoms with Crippen LogP contribution in [0, 0.1) is 6.92 Å². The second-order valence-corrected chi connectivity index (χ2v) is 26.7. The van der Waals surface area contributed by atoms with E-state index in [2.05, 4.69) is 15.5 Å². The number of piperidine rings is 1. The number of hydrogen-bond donors (Lipinski definition) is 2. The van der Waals surface area contributed by atoms with Gasteiger partial charge in [-0.1, -0.05) is 0 Å². The van der Waals surface area contributed by atoms with E-state index in [0.717, 1.165) is 37.6 Å². The van der Waals surface area contributed by atoms with Crippen LogP contribution in [0.2, 0.25) is 0 Å². The van der Waals surface area contributed by atoms with Gasteiger partial charge in [0.25, 0.3) is 0 Å². The van der Waals surface area contributed by atoms with Crippen molar-refractivity contribution < 1.29 is 66.0 Å². The second-order valence-electron chi connectivity index (χ2n) is 7.20. The van der Waals surface area contributed by atoms with Gasteiger partial charge >= 0.3 is 203 Å². The minimum absolute atomic E-state index is 0.125. The van der Waals surface area contributed by atoms with Crippen molar-refractivity contribution in [2.75, 3.05) is 24.6 Å². The fourth-order valence-corrected chi connectivity index (χ4v) is 6.13. The molecule has 6 nitrogen and oxygen atoms in total. The van der Waals surface area contributed by atoms with E-state index in [9.17, 15) is 13.2 Å². The zero-order valence-corrected chi connectivity index (χ0v) is 27.1. The molecule has 0 saturated carbocycles.